The average Bonchev–Trinajstić information content (AvgIpc) is 2.87. The number of aromatic nitrogens is 1. The number of rotatable bonds is 4. The Morgan fingerprint density at radius 1 is 1.24 bits per heavy atom. The number of nitrogens with one attached hydrogen (secondary N) is 1. The summed E-state index contributed by atoms with van der Waals surface area (Å²) in [5.41, 5.74) is 1.02. The molecule has 1 N–H and O–H groups in total. The maximum Gasteiger partial charge on any atom is 0.340 e. The molecule has 1 heterocycles. The normalized spacial score (nSPS) is 10.2. The van der Waals surface area contributed by atoms with Crippen molar-refractivity contribution in [2.24, 2.45) is 0 Å². The third-order valence-corrected chi connectivity index (χ3v) is 2.93. The Labute approximate surface area is 119 Å². The minimum Gasteiger partial charge on any atom is -0.465 e. The molecular weight excluding hydrogens is 276 g/mol. The van der Waals surface area contributed by atoms with Gasteiger partial charge in [-0.3, -0.25) is 14.9 Å². The third-order valence-electron chi connectivity index (χ3n) is 2.93. The number of nitrogens with zero attached hydrogens (tertiary/aromatic N) is 1. The van der Waals surface area contributed by atoms with Crippen molar-refractivity contribution < 1.29 is 19.2 Å². The van der Waals surface area contributed by atoms with Gasteiger partial charge in [0, 0.05) is 23.4 Å². The largest absolute Gasteiger partial charge is 0.465 e. The van der Waals surface area contributed by atoms with E-state index in [1.54, 1.807) is 6.92 Å². The van der Waals surface area contributed by atoms with Gasteiger partial charge in [-0.15, -0.1) is 0 Å². The molecule has 0 aliphatic rings. The van der Waals surface area contributed by atoms with E-state index in [2.05, 4.69) is 9.72 Å². The predicted molar refractivity (Wildman–Crippen MR) is 73.4 cm³/mol. The van der Waals surface area contributed by atoms with Gasteiger partial charge < -0.3 is 9.72 Å². The van der Waals surface area contributed by atoms with Gasteiger partial charge in [-0.05, 0) is 25.1 Å². The summed E-state index contributed by atoms with van der Waals surface area (Å²) in [4.78, 5) is 36.9. The van der Waals surface area contributed by atoms with E-state index in [1.807, 2.05) is 0 Å². The van der Waals surface area contributed by atoms with Crippen molar-refractivity contribution in [2.75, 3.05) is 7.11 Å². The minimum absolute atomic E-state index is 0.105. The molecule has 108 valence electrons. The third kappa shape index (κ3) is 2.81. The van der Waals surface area contributed by atoms with Crippen molar-refractivity contribution in [1.82, 2.24) is 4.98 Å². The minimum atomic E-state index is -0.621. The number of non-ortho nitro benzene ring substituents is 1. The van der Waals surface area contributed by atoms with Crippen molar-refractivity contribution >= 4 is 17.4 Å². The molecule has 0 atom stereocenters. The highest BCUT2D eigenvalue weighted by Crippen LogP contribution is 2.19. The number of hydrogen-bond acceptors (Lipinski definition) is 5. The summed E-state index contributed by atoms with van der Waals surface area (Å²) >= 11 is 0. The first-order chi connectivity index (χ1) is 9.93. The molecule has 0 saturated carbocycles. The van der Waals surface area contributed by atoms with Crippen LogP contribution in [0.2, 0.25) is 0 Å². The number of nitro groups is 1. The van der Waals surface area contributed by atoms with E-state index in [1.165, 1.54) is 37.4 Å². The van der Waals surface area contributed by atoms with Gasteiger partial charge in [-0.25, -0.2) is 4.79 Å². The predicted octanol–water partition coefficient (Wildman–Crippen LogP) is 2.25. The van der Waals surface area contributed by atoms with Gasteiger partial charge in [0.1, 0.15) is 5.69 Å². The van der Waals surface area contributed by atoms with Crippen LogP contribution in [0.4, 0.5) is 5.69 Å². The van der Waals surface area contributed by atoms with Crippen LogP contribution in [0.1, 0.15) is 32.1 Å². The molecule has 0 fully saturated rings. The van der Waals surface area contributed by atoms with E-state index in [0.717, 1.165) is 0 Å². The van der Waals surface area contributed by atoms with E-state index < -0.39 is 16.7 Å². The molecule has 0 radical (unpaired) electrons. The number of ether oxygens (including phenoxy) is 1. The van der Waals surface area contributed by atoms with Crippen LogP contribution in [0.25, 0.3) is 0 Å². The fourth-order valence-corrected chi connectivity index (χ4v) is 1.92. The summed E-state index contributed by atoms with van der Waals surface area (Å²) in [6, 6.07) is 6.68. The molecule has 2 aromatic rings. The summed E-state index contributed by atoms with van der Waals surface area (Å²) in [6.07, 6.45) is 0. The number of methoxy groups -OCH3 is 1. The number of aryl methyl sites for hydroxylation is 1. The number of benzene rings is 1. The van der Waals surface area contributed by atoms with Crippen molar-refractivity contribution in [2.45, 2.75) is 6.92 Å². The molecule has 0 bridgehead atoms. The number of esters is 1. The zero-order chi connectivity index (χ0) is 15.6. The Hall–Kier alpha value is -2.96. The Bertz CT molecular complexity index is 715. The smallest absolute Gasteiger partial charge is 0.340 e. The van der Waals surface area contributed by atoms with Gasteiger partial charge in [-0.1, -0.05) is 0 Å². The molecule has 0 spiro atoms. The lowest BCUT2D eigenvalue weighted by Crippen LogP contribution is -2.10. The number of nitro benzene ring substituents is 1. The summed E-state index contributed by atoms with van der Waals surface area (Å²) in [7, 11) is 1.23. The Morgan fingerprint density at radius 2 is 1.86 bits per heavy atom. The van der Waals surface area contributed by atoms with Gasteiger partial charge in [0.05, 0.1) is 17.6 Å². The molecule has 0 saturated heterocycles. The summed E-state index contributed by atoms with van der Waals surface area (Å²) in [5.74, 6) is -1.05. The van der Waals surface area contributed by atoms with Crippen molar-refractivity contribution in [3.8, 4) is 0 Å². The second-order valence-corrected chi connectivity index (χ2v) is 4.37. The highest BCUT2D eigenvalue weighted by atomic mass is 16.6. The zero-order valence-electron chi connectivity index (χ0n) is 11.4. The van der Waals surface area contributed by atoms with E-state index in [-0.39, 0.29) is 22.5 Å². The first-order valence-corrected chi connectivity index (χ1v) is 6.01. The molecule has 7 heteroatoms. The van der Waals surface area contributed by atoms with Crippen LogP contribution in [-0.2, 0) is 4.74 Å². The van der Waals surface area contributed by atoms with Crippen molar-refractivity contribution in [3.63, 3.8) is 0 Å². The Balaban J connectivity index is 2.40. The molecule has 2 rings (SSSR count). The molecule has 0 amide bonds. The molecule has 1 aromatic heterocycles. The number of carbonyl (C=O) groups excluding carboxylic acids is 2. The number of hydrogen-bond donors (Lipinski definition) is 1. The Kier molecular flexibility index (Phi) is 3.84. The highest BCUT2D eigenvalue weighted by molar-refractivity contribution is 6.13. The van der Waals surface area contributed by atoms with Crippen molar-refractivity contribution in [1.29, 1.82) is 0 Å². The van der Waals surface area contributed by atoms with Gasteiger partial charge in [0.15, 0.2) is 0 Å². The lowest BCUT2D eigenvalue weighted by Gasteiger charge is -2.02. The van der Waals surface area contributed by atoms with E-state index in [0.29, 0.717) is 5.69 Å². The van der Waals surface area contributed by atoms with E-state index in [4.69, 9.17) is 0 Å². The topological polar surface area (TPSA) is 102 Å². The van der Waals surface area contributed by atoms with Crippen LogP contribution in [0, 0.1) is 17.0 Å². The average molecular weight is 288 g/mol. The lowest BCUT2D eigenvalue weighted by molar-refractivity contribution is -0.384. The second kappa shape index (κ2) is 5.58. The van der Waals surface area contributed by atoms with Crippen LogP contribution in [0.5, 0.6) is 0 Å². The molecule has 0 unspecified atom stereocenters. The van der Waals surface area contributed by atoms with Gasteiger partial charge in [-0.2, -0.15) is 0 Å². The Morgan fingerprint density at radius 3 is 2.38 bits per heavy atom. The highest BCUT2D eigenvalue weighted by Gasteiger charge is 2.22. The quantitative estimate of drug-likeness (QED) is 0.402. The first-order valence-electron chi connectivity index (χ1n) is 6.01. The van der Waals surface area contributed by atoms with Gasteiger partial charge in [0.25, 0.3) is 5.69 Å². The molecule has 0 aliphatic carbocycles. The standard InChI is InChI=1S/C14H12N2O5/c1-8-7-11(14(18)21-2)12(15-8)13(17)9-3-5-10(6-4-9)16(19)20/h3-7,15H,1-2H3. The fraction of sp³-hybridized carbons (Fsp3) is 0.143. The summed E-state index contributed by atoms with van der Waals surface area (Å²) in [6.45, 7) is 1.71. The van der Waals surface area contributed by atoms with Crippen LogP contribution in [0.3, 0.4) is 0 Å². The van der Waals surface area contributed by atoms with Crippen LogP contribution in [-0.4, -0.2) is 28.8 Å². The van der Waals surface area contributed by atoms with Crippen LogP contribution < -0.4 is 0 Å². The van der Waals surface area contributed by atoms with Gasteiger partial charge in [0.2, 0.25) is 5.78 Å². The first kappa shape index (κ1) is 14.4. The maximum atomic E-state index is 12.4. The number of ketones is 1. The molecule has 1 aromatic carbocycles. The monoisotopic (exact) mass is 288 g/mol. The zero-order valence-corrected chi connectivity index (χ0v) is 11.4. The number of aromatic amines is 1. The summed E-state index contributed by atoms with van der Waals surface area (Å²) in [5, 5.41) is 10.6. The van der Waals surface area contributed by atoms with Crippen LogP contribution in [0.15, 0.2) is 30.3 Å². The van der Waals surface area contributed by atoms with E-state index >= 15 is 0 Å². The van der Waals surface area contributed by atoms with Crippen LogP contribution >= 0.6 is 0 Å². The van der Waals surface area contributed by atoms with Gasteiger partial charge >= 0.3 is 5.97 Å². The molecule has 21 heavy (non-hydrogen) atoms. The number of carbonyl (C=O) groups is 2. The van der Waals surface area contributed by atoms with Crippen molar-refractivity contribution in [3.05, 3.63) is 63.0 Å². The molecule has 7 nitrogen and oxygen atoms in total. The maximum absolute atomic E-state index is 12.4. The van der Waals surface area contributed by atoms with E-state index in [9.17, 15) is 19.7 Å². The lowest BCUT2D eigenvalue weighted by atomic mass is 10.1. The SMILES string of the molecule is COC(=O)c1cc(C)[nH]c1C(=O)c1ccc([N+](=O)[O-])cc1. The second-order valence-electron chi connectivity index (χ2n) is 4.37. The molecule has 0 aliphatic heterocycles. The molecular formula is C14H12N2O5. The number of H-pyrrole nitrogens is 1. The summed E-state index contributed by atoms with van der Waals surface area (Å²) < 4.78 is 4.63. The fourth-order valence-electron chi connectivity index (χ4n) is 1.92.